The van der Waals surface area contributed by atoms with Crippen LogP contribution in [0, 0.1) is 11.6 Å². The van der Waals surface area contributed by atoms with Gasteiger partial charge in [-0.3, -0.25) is 9.59 Å². The molecule has 1 aromatic rings. The van der Waals surface area contributed by atoms with E-state index in [1.807, 2.05) is 0 Å². The van der Waals surface area contributed by atoms with E-state index < -0.39 is 29.7 Å². The Balaban J connectivity index is 1.40. The highest BCUT2D eigenvalue weighted by molar-refractivity contribution is 5.98. The van der Waals surface area contributed by atoms with Crippen molar-refractivity contribution in [1.29, 1.82) is 0 Å². The Hall–Kier alpha value is -2.71. The van der Waals surface area contributed by atoms with E-state index in [9.17, 15) is 23.2 Å². The third-order valence-electron chi connectivity index (χ3n) is 5.20. The number of carbonyl (C=O) groups excluding carboxylic acids is 3. The first-order chi connectivity index (χ1) is 12.4. The number of carbonyl (C=O) groups is 3. The normalized spacial score (nSPS) is 27.4. The van der Waals surface area contributed by atoms with Crippen LogP contribution >= 0.6 is 0 Å². The molecule has 4 rings (SSSR count). The smallest absolute Gasteiger partial charge is 0.319 e. The third-order valence-corrected chi connectivity index (χ3v) is 5.20. The van der Waals surface area contributed by atoms with Crippen LogP contribution in [0.2, 0.25) is 0 Å². The van der Waals surface area contributed by atoms with Gasteiger partial charge in [0.05, 0.1) is 11.7 Å². The number of anilines is 1. The van der Waals surface area contributed by atoms with Crippen LogP contribution in [0.5, 0.6) is 0 Å². The van der Waals surface area contributed by atoms with Crippen molar-refractivity contribution in [2.45, 2.75) is 37.4 Å². The Morgan fingerprint density at radius 3 is 2.65 bits per heavy atom. The second-order valence-electron chi connectivity index (χ2n) is 6.85. The number of urea groups is 1. The number of hydrogen-bond donors (Lipinski definition) is 2. The average Bonchev–Trinajstić information content (AvgIpc) is 3.23. The first-order valence-electron chi connectivity index (χ1n) is 8.57. The summed E-state index contributed by atoms with van der Waals surface area (Å²) in [5, 5.41) is 4.97. The summed E-state index contributed by atoms with van der Waals surface area (Å²) in [6.07, 6.45) is 1.83. The summed E-state index contributed by atoms with van der Waals surface area (Å²) >= 11 is 0. The summed E-state index contributed by atoms with van der Waals surface area (Å²) in [4.78, 5) is 40.4. The van der Waals surface area contributed by atoms with E-state index in [1.165, 1.54) is 4.90 Å². The molecule has 9 heteroatoms. The SMILES string of the molecule is O=C(Nc1ccc(F)cc1F)N[C@H]1C[C@H]2C(=O)N3CCC[C@@H]3C(=O)N2C1. The lowest BCUT2D eigenvalue weighted by Crippen LogP contribution is -2.60. The molecule has 1 aromatic carbocycles. The molecule has 3 heterocycles. The standard InChI is InChI=1S/C17H18F2N4O3/c18-9-3-4-12(11(19)6-9)21-17(26)20-10-7-14-16(25)22-5-1-2-13(22)15(24)23(14)8-10/h3-4,6,10,13-14H,1-2,5,7-8H2,(H2,20,21,26)/t10-,13+,14-/m0/s1. The fourth-order valence-corrected chi connectivity index (χ4v) is 4.02. The molecule has 0 aromatic heterocycles. The molecular formula is C17H18F2N4O3. The zero-order valence-corrected chi connectivity index (χ0v) is 13.9. The average molecular weight is 364 g/mol. The molecule has 0 aliphatic carbocycles. The van der Waals surface area contributed by atoms with Crippen molar-refractivity contribution in [2.24, 2.45) is 0 Å². The van der Waals surface area contributed by atoms with Gasteiger partial charge >= 0.3 is 6.03 Å². The van der Waals surface area contributed by atoms with Gasteiger partial charge < -0.3 is 20.4 Å². The minimum Gasteiger partial charge on any atom is -0.333 e. The number of benzene rings is 1. The van der Waals surface area contributed by atoms with Crippen molar-refractivity contribution in [3.63, 3.8) is 0 Å². The van der Waals surface area contributed by atoms with Crippen LogP contribution in [0.25, 0.3) is 0 Å². The maximum Gasteiger partial charge on any atom is 0.319 e. The van der Waals surface area contributed by atoms with Gasteiger partial charge in [-0.25, -0.2) is 13.6 Å². The highest BCUT2D eigenvalue weighted by atomic mass is 19.1. The van der Waals surface area contributed by atoms with Gasteiger partial charge in [-0.05, 0) is 31.4 Å². The van der Waals surface area contributed by atoms with Gasteiger partial charge in [0.1, 0.15) is 23.7 Å². The lowest BCUT2D eigenvalue weighted by Gasteiger charge is -2.38. The number of fused-ring (bicyclic) bond motifs is 2. The fraction of sp³-hybridized carbons (Fsp3) is 0.471. The van der Waals surface area contributed by atoms with E-state index in [2.05, 4.69) is 10.6 Å². The second-order valence-corrected chi connectivity index (χ2v) is 6.85. The summed E-state index contributed by atoms with van der Waals surface area (Å²) in [5.74, 6) is -1.75. The minimum atomic E-state index is -0.880. The van der Waals surface area contributed by atoms with Gasteiger partial charge in [0.2, 0.25) is 11.8 Å². The van der Waals surface area contributed by atoms with E-state index in [1.54, 1.807) is 4.90 Å². The Morgan fingerprint density at radius 2 is 1.88 bits per heavy atom. The largest absolute Gasteiger partial charge is 0.333 e. The summed E-state index contributed by atoms with van der Waals surface area (Å²) in [5.41, 5.74) is -0.146. The van der Waals surface area contributed by atoms with Gasteiger partial charge in [0.25, 0.3) is 0 Å². The Kier molecular flexibility index (Phi) is 4.01. The van der Waals surface area contributed by atoms with Crippen molar-refractivity contribution in [1.82, 2.24) is 15.1 Å². The van der Waals surface area contributed by atoms with Gasteiger partial charge in [0.15, 0.2) is 0 Å². The van der Waals surface area contributed by atoms with Crippen molar-refractivity contribution < 1.29 is 23.2 Å². The number of nitrogens with zero attached hydrogens (tertiary/aromatic N) is 2. The Bertz CT molecular complexity index is 757. The van der Waals surface area contributed by atoms with Crippen LogP contribution in [0.4, 0.5) is 19.3 Å². The van der Waals surface area contributed by atoms with Gasteiger partial charge in [-0.15, -0.1) is 0 Å². The van der Waals surface area contributed by atoms with Crippen LogP contribution in [0.3, 0.4) is 0 Å². The summed E-state index contributed by atoms with van der Waals surface area (Å²) in [6.45, 7) is 0.848. The molecule has 3 saturated heterocycles. The topological polar surface area (TPSA) is 81.8 Å². The number of amides is 4. The van der Waals surface area contributed by atoms with E-state index >= 15 is 0 Å². The van der Waals surface area contributed by atoms with Gasteiger partial charge in [-0.2, -0.15) is 0 Å². The number of rotatable bonds is 2. The van der Waals surface area contributed by atoms with Crippen LogP contribution in [-0.2, 0) is 9.59 Å². The monoisotopic (exact) mass is 364 g/mol. The lowest BCUT2D eigenvalue weighted by molar-refractivity contribution is -0.156. The molecule has 0 bridgehead atoms. The van der Waals surface area contributed by atoms with Gasteiger partial charge in [-0.1, -0.05) is 0 Å². The number of nitrogens with one attached hydrogen (secondary N) is 2. The highest BCUT2D eigenvalue weighted by Gasteiger charge is 2.51. The Labute approximate surface area is 148 Å². The van der Waals surface area contributed by atoms with Crippen molar-refractivity contribution >= 4 is 23.5 Å². The minimum absolute atomic E-state index is 0.0682. The molecule has 3 fully saturated rings. The maximum atomic E-state index is 13.6. The zero-order valence-electron chi connectivity index (χ0n) is 13.9. The van der Waals surface area contributed by atoms with Crippen molar-refractivity contribution in [2.75, 3.05) is 18.4 Å². The van der Waals surface area contributed by atoms with Crippen LogP contribution < -0.4 is 10.6 Å². The quantitative estimate of drug-likeness (QED) is 0.823. The molecule has 3 aliphatic rings. The van der Waals surface area contributed by atoms with E-state index in [4.69, 9.17) is 0 Å². The van der Waals surface area contributed by atoms with E-state index in [0.717, 1.165) is 18.6 Å². The molecule has 0 radical (unpaired) electrons. The fourth-order valence-electron chi connectivity index (χ4n) is 4.02. The second kappa shape index (κ2) is 6.22. The summed E-state index contributed by atoms with van der Waals surface area (Å²) < 4.78 is 26.5. The van der Waals surface area contributed by atoms with Crippen molar-refractivity contribution in [3.05, 3.63) is 29.8 Å². The first kappa shape index (κ1) is 16.7. The summed E-state index contributed by atoms with van der Waals surface area (Å²) in [7, 11) is 0. The molecule has 3 aliphatic heterocycles. The molecule has 0 spiro atoms. The molecule has 7 nitrogen and oxygen atoms in total. The van der Waals surface area contributed by atoms with E-state index in [0.29, 0.717) is 25.5 Å². The summed E-state index contributed by atoms with van der Waals surface area (Å²) in [6, 6.07) is 0.847. The molecule has 0 unspecified atom stereocenters. The molecule has 2 N–H and O–H groups in total. The maximum absolute atomic E-state index is 13.6. The predicted octanol–water partition coefficient (Wildman–Crippen LogP) is 1.06. The molecule has 4 amide bonds. The molecule has 0 saturated carbocycles. The Morgan fingerprint density at radius 1 is 1.12 bits per heavy atom. The highest BCUT2D eigenvalue weighted by Crippen LogP contribution is 2.32. The van der Waals surface area contributed by atoms with Crippen LogP contribution in [0.1, 0.15) is 19.3 Å². The predicted molar refractivity (Wildman–Crippen MR) is 87.2 cm³/mol. The number of piperazine rings is 1. The molecule has 26 heavy (non-hydrogen) atoms. The lowest BCUT2D eigenvalue weighted by atomic mass is 10.1. The van der Waals surface area contributed by atoms with Crippen molar-refractivity contribution in [3.8, 4) is 0 Å². The number of hydrogen-bond acceptors (Lipinski definition) is 3. The number of halogens is 2. The molecule has 3 atom stereocenters. The van der Waals surface area contributed by atoms with Crippen LogP contribution in [0.15, 0.2) is 18.2 Å². The van der Waals surface area contributed by atoms with Gasteiger partial charge in [0, 0.05) is 19.2 Å². The molecule has 138 valence electrons. The van der Waals surface area contributed by atoms with Crippen LogP contribution in [-0.4, -0.2) is 58.9 Å². The zero-order chi connectivity index (χ0) is 18.4. The molecular weight excluding hydrogens is 346 g/mol. The van der Waals surface area contributed by atoms with E-state index in [-0.39, 0.29) is 30.1 Å². The third kappa shape index (κ3) is 2.77. The first-order valence-corrected chi connectivity index (χ1v) is 8.57.